The minimum absolute atomic E-state index is 0.742. The van der Waals surface area contributed by atoms with E-state index in [1.165, 1.54) is 0 Å². The van der Waals surface area contributed by atoms with Crippen LogP contribution in [0.2, 0.25) is 0 Å². The van der Waals surface area contributed by atoms with Gasteiger partial charge in [-0.15, -0.1) is 0 Å². The van der Waals surface area contributed by atoms with Gasteiger partial charge in [0.2, 0.25) is 0 Å². The van der Waals surface area contributed by atoms with Crippen LogP contribution >= 0.6 is 12.2 Å². The van der Waals surface area contributed by atoms with Gasteiger partial charge < -0.3 is 14.3 Å². The molecular weight excluding hydrogens is 222 g/mol. The van der Waals surface area contributed by atoms with Crippen LogP contribution in [0, 0.1) is 4.77 Å². The highest BCUT2D eigenvalue weighted by Crippen LogP contribution is 2.11. The molecule has 5 heteroatoms. The van der Waals surface area contributed by atoms with Gasteiger partial charge in [-0.3, -0.25) is 0 Å². The Kier molecular flexibility index (Phi) is 3.69. The van der Waals surface area contributed by atoms with Gasteiger partial charge in [0.05, 0.1) is 5.52 Å². The molecule has 86 valence electrons. The number of hydrogen-bond donors (Lipinski definition) is 1. The number of unbranched alkanes of at least 4 members (excludes halogenated alkanes) is 1. The summed E-state index contributed by atoms with van der Waals surface area (Å²) in [5.41, 5.74) is 1.93. The van der Waals surface area contributed by atoms with Crippen molar-refractivity contribution >= 4 is 23.4 Å². The largest absolute Gasteiger partial charge is 0.385 e. The average Bonchev–Trinajstić information content (AvgIpc) is 2.61. The fourth-order valence-electron chi connectivity index (χ4n) is 1.71. The molecule has 0 aliphatic carbocycles. The van der Waals surface area contributed by atoms with E-state index in [1.807, 2.05) is 16.7 Å². The average molecular weight is 237 g/mol. The second kappa shape index (κ2) is 5.23. The summed E-state index contributed by atoms with van der Waals surface area (Å²) in [6.45, 7) is 1.68. The molecule has 0 aromatic carbocycles. The van der Waals surface area contributed by atoms with Crippen LogP contribution in [0.25, 0.3) is 11.2 Å². The number of ether oxygens (including phenoxy) is 1. The third kappa shape index (κ3) is 2.31. The topological polar surface area (TPSA) is 42.8 Å². The van der Waals surface area contributed by atoms with Crippen molar-refractivity contribution in [2.75, 3.05) is 13.7 Å². The number of imidazole rings is 1. The fourth-order valence-corrected chi connectivity index (χ4v) is 2.00. The van der Waals surface area contributed by atoms with E-state index in [0.717, 1.165) is 41.9 Å². The summed E-state index contributed by atoms with van der Waals surface area (Å²) >= 11 is 5.27. The van der Waals surface area contributed by atoms with Crippen molar-refractivity contribution in [3.8, 4) is 0 Å². The van der Waals surface area contributed by atoms with Gasteiger partial charge in [0.25, 0.3) is 0 Å². The zero-order chi connectivity index (χ0) is 11.4. The van der Waals surface area contributed by atoms with E-state index in [9.17, 15) is 0 Å². The van der Waals surface area contributed by atoms with Gasteiger partial charge >= 0.3 is 0 Å². The van der Waals surface area contributed by atoms with Gasteiger partial charge in [-0.1, -0.05) is 0 Å². The van der Waals surface area contributed by atoms with Crippen molar-refractivity contribution in [1.29, 1.82) is 0 Å². The van der Waals surface area contributed by atoms with Crippen molar-refractivity contribution < 1.29 is 4.74 Å². The van der Waals surface area contributed by atoms with E-state index >= 15 is 0 Å². The third-order valence-corrected chi connectivity index (χ3v) is 2.83. The molecule has 0 saturated carbocycles. The molecule has 1 N–H and O–H groups in total. The molecule has 0 fully saturated rings. The molecule has 0 bridgehead atoms. The minimum Gasteiger partial charge on any atom is -0.385 e. The Labute approximate surface area is 99.3 Å². The van der Waals surface area contributed by atoms with Crippen molar-refractivity contribution in [1.82, 2.24) is 14.5 Å². The van der Waals surface area contributed by atoms with E-state index < -0.39 is 0 Å². The summed E-state index contributed by atoms with van der Waals surface area (Å²) in [6.07, 6.45) is 3.88. The van der Waals surface area contributed by atoms with Crippen molar-refractivity contribution in [3.05, 3.63) is 23.1 Å². The van der Waals surface area contributed by atoms with E-state index in [2.05, 4.69) is 9.97 Å². The molecule has 0 atom stereocenters. The highest BCUT2D eigenvalue weighted by atomic mass is 32.1. The predicted molar refractivity (Wildman–Crippen MR) is 66.0 cm³/mol. The molecule has 2 aromatic heterocycles. The summed E-state index contributed by atoms with van der Waals surface area (Å²) in [5.74, 6) is 0. The summed E-state index contributed by atoms with van der Waals surface area (Å²) in [6, 6.07) is 3.90. The smallest absolute Gasteiger partial charge is 0.179 e. The number of pyridine rings is 1. The number of aromatic amines is 1. The SMILES string of the molecule is COCCCCn1c(=S)[nH]c2cccnc21. The highest BCUT2D eigenvalue weighted by Gasteiger charge is 2.03. The summed E-state index contributed by atoms with van der Waals surface area (Å²) < 4.78 is 7.80. The molecular formula is C11H15N3OS. The summed E-state index contributed by atoms with van der Waals surface area (Å²) in [5, 5.41) is 0. The van der Waals surface area contributed by atoms with Crippen molar-refractivity contribution in [2.24, 2.45) is 0 Å². The van der Waals surface area contributed by atoms with Crippen LogP contribution in [0.5, 0.6) is 0 Å². The van der Waals surface area contributed by atoms with Gasteiger partial charge in [0, 0.05) is 26.5 Å². The molecule has 0 saturated heterocycles. The van der Waals surface area contributed by atoms with E-state index in [1.54, 1.807) is 13.3 Å². The highest BCUT2D eigenvalue weighted by molar-refractivity contribution is 7.71. The number of nitrogens with zero attached hydrogens (tertiary/aromatic N) is 2. The van der Waals surface area contributed by atoms with Crippen LogP contribution < -0.4 is 0 Å². The third-order valence-electron chi connectivity index (χ3n) is 2.51. The molecule has 2 rings (SSSR count). The van der Waals surface area contributed by atoms with Gasteiger partial charge in [-0.2, -0.15) is 0 Å². The Morgan fingerprint density at radius 2 is 2.38 bits per heavy atom. The molecule has 0 unspecified atom stereocenters. The summed E-state index contributed by atoms with van der Waals surface area (Å²) in [4.78, 5) is 7.49. The lowest BCUT2D eigenvalue weighted by Crippen LogP contribution is -2.00. The lowest BCUT2D eigenvalue weighted by molar-refractivity contribution is 0.191. The van der Waals surface area contributed by atoms with Crippen molar-refractivity contribution in [3.63, 3.8) is 0 Å². The molecule has 0 spiro atoms. The first-order chi connectivity index (χ1) is 7.83. The maximum atomic E-state index is 5.27. The Hall–Kier alpha value is -1.20. The minimum atomic E-state index is 0.742. The number of H-pyrrole nitrogens is 1. The number of rotatable bonds is 5. The quantitative estimate of drug-likeness (QED) is 0.642. The molecule has 0 aliphatic rings. The lowest BCUT2D eigenvalue weighted by Gasteiger charge is -2.03. The number of aromatic nitrogens is 3. The normalized spacial score (nSPS) is 11.1. The molecule has 16 heavy (non-hydrogen) atoms. The maximum absolute atomic E-state index is 5.27. The maximum Gasteiger partial charge on any atom is 0.179 e. The molecule has 0 radical (unpaired) electrons. The second-order valence-electron chi connectivity index (χ2n) is 3.66. The van der Waals surface area contributed by atoms with Crippen LogP contribution in [0.3, 0.4) is 0 Å². The summed E-state index contributed by atoms with van der Waals surface area (Å²) in [7, 11) is 1.72. The number of fused-ring (bicyclic) bond motifs is 1. The first-order valence-corrected chi connectivity index (χ1v) is 5.76. The number of hydrogen-bond acceptors (Lipinski definition) is 3. The first kappa shape index (κ1) is 11.3. The van der Waals surface area contributed by atoms with Gasteiger partial charge in [0.1, 0.15) is 0 Å². The predicted octanol–water partition coefficient (Wildman–Crippen LogP) is 2.52. The van der Waals surface area contributed by atoms with E-state index in [-0.39, 0.29) is 0 Å². The van der Waals surface area contributed by atoms with Crippen LogP contribution in [-0.4, -0.2) is 28.3 Å². The first-order valence-electron chi connectivity index (χ1n) is 5.35. The zero-order valence-electron chi connectivity index (χ0n) is 9.27. The fraction of sp³-hybridized carbons (Fsp3) is 0.455. The van der Waals surface area contributed by atoms with E-state index in [0.29, 0.717) is 0 Å². The molecule has 0 aliphatic heterocycles. The Morgan fingerprint density at radius 3 is 3.19 bits per heavy atom. The van der Waals surface area contributed by atoms with Crippen molar-refractivity contribution in [2.45, 2.75) is 19.4 Å². The number of nitrogens with one attached hydrogen (secondary N) is 1. The Morgan fingerprint density at radius 1 is 1.50 bits per heavy atom. The van der Waals surface area contributed by atoms with Crippen LogP contribution in [0.4, 0.5) is 0 Å². The lowest BCUT2D eigenvalue weighted by atomic mass is 10.3. The monoisotopic (exact) mass is 237 g/mol. The standard InChI is InChI=1S/C11H15N3OS/c1-15-8-3-2-7-14-10-9(13-11(14)16)5-4-6-12-10/h4-6H,2-3,7-8H2,1H3,(H,13,16). The van der Waals surface area contributed by atoms with Gasteiger partial charge in [-0.25, -0.2) is 4.98 Å². The Balaban J connectivity index is 2.16. The molecule has 4 nitrogen and oxygen atoms in total. The number of methoxy groups -OCH3 is 1. The zero-order valence-corrected chi connectivity index (χ0v) is 10.1. The molecule has 2 heterocycles. The van der Waals surface area contributed by atoms with Crippen LogP contribution in [-0.2, 0) is 11.3 Å². The van der Waals surface area contributed by atoms with Crippen LogP contribution in [0.15, 0.2) is 18.3 Å². The molecule has 0 amide bonds. The second-order valence-corrected chi connectivity index (χ2v) is 4.04. The van der Waals surface area contributed by atoms with Crippen LogP contribution in [0.1, 0.15) is 12.8 Å². The Bertz CT molecular complexity index is 517. The van der Waals surface area contributed by atoms with E-state index in [4.69, 9.17) is 17.0 Å². The van der Waals surface area contributed by atoms with Gasteiger partial charge in [-0.05, 0) is 37.2 Å². The molecule has 2 aromatic rings. The number of aryl methyl sites for hydroxylation is 1. The van der Waals surface area contributed by atoms with Gasteiger partial charge in [0.15, 0.2) is 10.4 Å².